The second-order valence-corrected chi connectivity index (χ2v) is 6.17. The van der Waals surface area contributed by atoms with Gasteiger partial charge in [0.1, 0.15) is 5.82 Å². The quantitative estimate of drug-likeness (QED) is 0.907. The highest BCUT2D eigenvalue weighted by Gasteiger charge is 2.30. The molecule has 96 valence electrons. The van der Waals surface area contributed by atoms with Crippen LogP contribution in [0.2, 0.25) is 0 Å². The van der Waals surface area contributed by atoms with Gasteiger partial charge in [0.25, 0.3) is 10.0 Å². The first kappa shape index (κ1) is 11.7. The first-order valence-corrected chi connectivity index (χ1v) is 7.58. The summed E-state index contributed by atoms with van der Waals surface area (Å²) in [5, 5.41) is 0.145. The lowest BCUT2D eigenvalue weighted by Crippen LogP contribution is -2.26. The van der Waals surface area contributed by atoms with Crippen molar-refractivity contribution in [1.29, 1.82) is 0 Å². The minimum atomic E-state index is -3.49. The SMILES string of the molecule is CCc1nc(S(=O)(=O)NC2CC2)c2ccccn12. The monoisotopic (exact) mass is 265 g/mol. The Hall–Kier alpha value is -1.40. The molecule has 0 radical (unpaired) electrons. The number of aromatic nitrogens is 2. The van der Waals surface area contributed by atoms with Gasteiger partial charge in [-0.05, 0) is 25.0 Å². The smallest absolute Gasteiger partial charge is 0.260 e. The summed E-state index contributed by atoms with van der Waals surface area (Å²) in [4.78, 5) is 4.27. The summed E-state index contributed by atoms with van der Waals surface area (Å²) >= 11 is 0. The number of sulfonamides is 1. The van der Waals surface area contributed by atoms with Gasteiger partial charge in [0, 0.05) is 18.7 Å². The number of aryl methyl sites for hydroxylation is 1. The van der Waals surface area contributed by atoms with E-state index in [-0.39, 0.29) is 11.1 Å². The van der Waals surface area contributed by atoms with Gasteiger partial charge in [-0.15, -0.1) is 0 Å². The van der Waals surface area contributed by atoms with Crippen LogP contribution in [0.25, 0.3) is 5.52 Å². The molecule has 0 amide bonds. The van der Waals surface area contributed by atoms with Crippen LogP contribution in [0.1, 0.15) is 25.6 Å². The van der Waals surface area contributed by atoms with E-state index in [1.165, 1.54) is 0 Å². The number of nitrogens with zero attached hydrogens (tertiary/aromatic N) is 2. The number of imidazole rings is 1. The number of nitrogens with one attached hydrogen (secondary N) is 1. The van der Waals surface area contributed by atoms with Crippen molar-refractivity contribution in [3.8, 4) is 0 Å². The van der Waals surface area contributed by atoms with Crippen molar-refractivity contribution in [2.75, 3.05) is 0 Å². The molecule has 0 aliphatic heterocycles. The third kappa shape index (κ3) is 1.91. The van der Waals surface area contributed by atoms with E-state index < -0.39 is 10.0 Å². The Morgan fingerprint density at radius 2 is 2.22 bits per heavy atom. The van der Waals surface area contributed by atoms with Crippen molar-refractivity contribution < 1.29 is 8.42 Å². The summed E-state index contributed by atoms with van der Waals surface area (Å²) in [7, 11) is -3.49. The van der Waals surface area contributed by atoms with Crippen LogP contribution in [0.15, 0.2) is 29.4 Å². The van der Waals surface area contributed by atoms with E-state index >= 15 is 0 Å². The van der Waals surface area contributed by atoms with Crippen molar-refractivity contribution in [3.05, 3.63) is 30.2 Å². The Morgan fingerprint density at radius 1 is 1.44 bits per heavy atom. The highest BCUT2D eigenvalue weighted by atomic mass is 32.2. The highest BCUT2D eigenvalue weighted by Crippen LogP contribution is 2.24. The maximum atomic E-state index is 12.2. The summed E-state index contributed by atoms with van der Waals surface area (Å²) in [6.07, 6.45) is 4.39. The van der Waals surface area contributed by atoms with E-state index in [4.69, 9.17) is 0 Å². The fourth-order valence-corrected chi connectivity index (χ4v) is 3.45. The van der Waals surface area contributed by atoms with Crippen molar-refractivity contribution in [1.82, 2.24) is 14.1 Å². The Kier molecular flexibility index (Phi) is 2.64. The summed E-state index contributed by atoms with van der Waals surface area (Å²) < 4.78 is 29.0. The first-order valence-electron chi connectivity index (χ1n) is 6.10. The summed E-state index contributed by atoms with van der Waals surface area (Å²) in [6.45, 7) is 1.96. The Labute approximate surface area is 106 Å². The molecule has 0 unspecified atom stereocenters. The maximum absolute atomic E-state index is 12.2. The number of pyridine rings is 1. The highest BCUT2D eigenvalue weighted by molar-refractivity contribution is 7.89. The summed E-state index contributed by atoms with van der Waals surface area (Å²) in [6, 6.07) is 5.58. The molecule has 1 saturated carbocycles. The third-order valence-electron chi connectivity index (χ3n) is 3.06. The second-order valence-electron chi connectivity index (χ2n) is 4.54. The molecule has 6 heteroatoms. The van der Waals surface area contributed by atoms with Gasteiger partial charge in [-0.2, -0.15) is 0 Å². The molecule has 3 rings (SSSR count). The molecule has 5 nitrogen and oxygen atoms in total. The molecule has 2 aromatic rings. The second kappa shape index (κ2) is 4.07. The molecule has 0 spiro atoms. The minimum absolute atomic E-state index is 0.0977. The van der Waals surface area contributed by atoms with Gasteiger partial charge in [0.15, 0.2) is 5.03 Å². The number of fused-ring (bicyclic) bond motifs is 1. The molecule has 2 aromatic heterocycles. The average molecular weight is 265 g/mol. The Bertz CT molecular complexity index is 686. The standard InChI is InChI=1S/C12H15N3O2S/c1-2-11-13-12(10-5-3-4-8-15(10)11)18(16,17)14-9-6-7-9/h3-5,8-9,14H,2,6-7H2,1H3. The maximum Gasteiger partial charge on any atom is 0.260 e. The molecule has 2 heterocycles. The van der Waals surface area contributed by atoms with E-state index in [1.807, 2.05) is 29.7 Å². The van der Waals surface area contributed by atoms with Gasteiger partial charge in [0.05, 0.1) is 5.52 Å². The first-order chi connectivity index (χ1) is 8.62. The van der Waals surface area contributed by atoms with Crippen molar-refractivity contribution >= 4 is 15.5 Å². The fraction of sp³-hybridized carbons (Fsp3) is 0.417. The van der Waals surface area contributed by atoms with Crippen molar-refractivity contribution in [3.63, 3.8) is 0 Å². The predicted octanol–water partition coefficient (Wildman–Crippen LogP) is 1.34. The zero-order chi connectivity index (χ0) is 12.8. The predicted molar refractivity (Wildman–Crippen MR) is 67.9 cm³/mol. The van der Waals surface area contributed by atoms with Crippen molar-refractivity contribution in [2.45, 2.75) is 37.3 Å². The van der Waals surface area contributed by atoms with Crippen LogP contribution < -0.4 is 4.72 Å². The van der Waals surface area contributed by atoms with Crippen LogP contribution in [0.5, 0.6) is 0 Å². The largest absolute Gasteiger partial charge is 0.302 e. The molecule has 18 heavy (non-hydrogen) atoms. The topological polar surface area (TPSA) is 63.5 Å². The molecule has 1 fully saturated rings. The molecular formula is C12H15N3O2S. The Morgan fingerprint density at radius 3 is 2.89 bits per heavy atom. The van der Waals surface area contributed by atoms with Crippen LogP contribution in [0.4, 0.5) is 0 Å². The third-order valence-corrected chi connectivity index (χ3v) is 4.51. The molecule has 1 aliphatic rings. The van der Waals surface area contributed by atoms with Gasteiger partial charge >= 0.3 is 0 Å². The molecular weight excluding hydrogens is 250 g/mol. The lowest BCUT2D eigenvalue weighted by Gasteiger charge is -2.02. The number of hydrogen-bond acceptors (Lipinski definition) is 3. The Balaban J connectivity index is 2.16. The molecule has 0 aromatic carbocycles. The van der Waals surface area contributed by atoms with E-state index in [9.17, 15) is 8.42 Å². The molecule has 1 aliphatic carbocycles. The van der Waals surface area contributed by atoms with E-state index in [1.54, 1.807) is 6.07 Å². The average Bonchev–Trinajstić information content (AvgIpc) is 3.06. The van der Waals surface area contributed by atoms with Crippen LogP contribution >= 0.6 is 0 Å². The van der Waals surface area contributed by atoms with Gasteiger partial charge in [-0.3, -0.25) is 0 Å². The zero-order valence-electron chi connectivity index (χ0n) is 10.1. The van der Waals surface area contributed by atoms with Gasteiger partial charge in [-0.1, -0.05) is 13.0 Å². The minimum Gasteiger partial charge on any atom is -0.302 e. The van der Waals surface area contributed by atoms with E-state index in [0.29, 0.717) is 11.9 Å². The lowest BCUT2D eigenvalue weighted by atomic mass is 10.4. The number of hydrogen-bond donors (Lipinski definition) is 1. The van der Waals surface area contributed by atoms with Crippen LogP contribution in [-0.4, -0.2) is 23.8 Å². The van der Waals surface area contributed by atoms with Crippen LogP contribution in [-0.2, 0) is 16.4 Å². The van der Waals surface area contributed by atoms with E-state index in [2.05, 4.69) is 9.71 Å². The van der Waals surface area contributed by atoms with Gasteiger partial charge < -0.3 is 4.40 Å². The normalized spacial score (nSPS) is 16.3. The summed E-state index contributed by atoms with van der Waals surface area (Å²) in [5.74, 6) is 0.766. The van der Waals surface area contributed by atoms with E-state index in [0.717, 1.165) is 18.7 Å². The number of rotatable bonds is 4. The molecule has 0 saturated heterocycles. The van der Waals surface area contributed by atoms with Crippen LogP contribution in [0.3, 0.4) is 0 Å². The zero-order valence-corrected chi connectivity index (χ0v) is 10.9. The molecule has 1 N–H and O–H groups in total. The summed E-state index contributed by atoms with van der Waals surface area (Å²) in [5.41, 5.74) is 0.641. The van der Waals surface area contributed by atoms with Gasteiger partial charge in [0.2, 0.25) is 0 Å². The lowest BCUT2D eigenvalue weighted by molar-refractivity contribution is 0.578. The van der Waals surface area contributed by atoms with Crippen LogP contribution in [0, 0.1) is 0 Å². The van der Waals surface area contributed by atoms with Gasteiger partial charge in [-0.25, -0.2) is 18.1 Å². The van der Waals surface area contributed by atoms with Crippen molar-refractivity contribution in [2.24, 2.45) is 0 Å². The molecule has 0 bridgehead atoms. The fourth-order valence-electron chi connectivity index (χ4n) is 1.99. The molecule has 0 atom stereocenters.